The summed E-state index contributed by atoms with van der Waals surface area (Å²) >= 11 is 0. The molecule has 0 nitrogen and oxygen atoms in total. The van der Waals surface area contributed by atoms with Gasteiger partial charge in [0.05, 0.1) is 0 Å². The Hall–Kier alpha value is 0.0649. The minimum atomic E-state index is 0.185. The van der Waals surface area contributed by atoms with Crippen molar-refractivity contribution < 1.29 is 0 Å². The summed E-state index contributed by atoms with van der Waals surface area (Å²) in [6.45, 7) is 4.09. The standard InChI is InChI=1S/C4H11B/c1-3-5-4-2/h5H,3-4H2,1-2H3/i5D. The molecule has 0 spiro atoms. The van der Waals surface area contributed by atoms with Crippen molar-refractivity contribution in [3.8, 4) is 0 Å². The molecular weight excluding hydrogens is 58.9 g/mol. The van der Waals surface area contributed by atoms with Crippen LogP contribution in [0, 0.1) is 0 Å². The quantitative estimate of drug-likeness (QED) is 0.430. The van der Waals surface area contributed by atoms with Gasteiger partial charge >= 0.3 is 0 Å². The first kappa shape index (κ1) is 3.26. The molecule has 30 valence electrons. The van der Waals surface area contributed by atoms with Crippen LogP contribution in [0.5, 0.6) is 0 Å². The van der Waals surface area contributed by atoms with E-state index >= 15 is 0 Å². The average Bonchev–Trinajstić information content (AvgIpc) is 1.65. The lowest BCUT2D eigenvalue weighted by molar-refractivity contribution is 1.36. The Morgan fingerprint density at radius 1 is 1.60 bits per heavy atom. The van der Waals surface area contributed by atoms with Gasteiger partial charge in [0.2, 0.25) is 0 Å². The van der Waals surface area contributed by atoms with Crippen LogP contribution in [0.1, 0.15) is 13.8 Å². The molecule has 0 heterocycles. The second-order valence-electron chi connectivity index (χ2n) is 1.11. The van der Waals surface area contributed by atoms with Gasteiger partial charge in [-0.3, -0.25) is 0 Å². The molecule has 5 heavy (non-hydrogen) atoms. The molecule has 0 fully saturated rings. The second kappa shape index (κ2) is 4.06. The Labute approximate surface area is 36.2 Å². The van der Waals surface area contributed by atoms with E-state index in [0.29, 0.717) is 0 Å². The SMILES string of the molecule is [2H]B(CC)CC. The molecule has 0 saturated carbocycles. The molecule has 0 amide bonds. The van der Waals surface area contributed by atoms with E-state index in [1.165, 1.54) is 0 Å². The van der Waals surface area contributed by atoms with Crippen molar-refractivity contribution in [2.75, 3.05) is 0 Å². The minimum absolute atomic E-state index is 0.185. The van der Waals surface area contributed by atoms with Crippen LogP contribution in [-0.4, -0.2) is 8.58 Å². The smallest absolute Gasteiger partial charge is 0.0803 e. The molecule has 0 rings (SSSR count). The Morgan fingerprint density at radius 2 is 2.00 bits per heavy atom. The number of hydrogen-bond acceptors (Lipinski definition) is 0. The zero-order valence-corrected chi connectivity index (χ0v) is 3.99. The molecule has 0 aliphatic rings. The van der Waals surface area contributed by atoms with Crippen LogP contribution in [0.3, 0.4) is 0 Å². The molecule has 0 bridgehead atoms. The normalized spacial score (nSPS) is 10.4. The van der Waals surface area contributed by atoms with Gasteiger partial charge in [-0.05, 0) is 1.34 Å². The maximum absolute atomic E-state index is 7.07. The van der Waals surface area contributed by atoms with E-state index in [0.717, 1.165) is 12.6 Å². The van der Waals surface area contributed by atoms with E-state index in [9.17, 15) is 0 Å². The van der Waals surface area contributed by atoms with Crippen molar-refractivity contribution in [1.29, 1.82) is 1.34 Å². The summed E-state index contributed by atoms with van der Waals surface area (Å²) in [5.74, 6) is 0. The van der Waals surface area contributed by atoms with Gasteiger partial charge in [-0.15, -0.1) is 0 Å². The highest BCUT2D eigenvalue weighted by molar-refractivity contribution is 6.34. The topological polar surface area (TPSA) is 0 Å². The maximum atomic E-state index is 7.07. The molecule has 1 heteroatoms. The lowest BCUT2D eigenvalue weighted by Gasteiger charge is -1.75. The van der Waals surface area contributed by atoms with Crippen molar-refractivity contribution in [3.63, 3.8) is 0 Å². The third-order valence-electron chi connectivity index (χ3n) is 0.577. The van der Waals surface area contributed by atoms with Crippen LogP contribution in [-0.2, 0) is 0 Å². The summed E-state index contributed by atoms with van der Waals surface area (Å²) in [5, 5.41) is 0. The van der Waals surface area contributed by atoms with Gasteiger partial charge in [0.15, 0.2) is 0 Å². The fourth-order valence-corrected chi connectivity index (χ4v) is 0.289. The number of hydrogen-bond donors (Lipinski definition) is 0. The van der Waals surface area contributed by atoms with E-state index < -0.39 is 0 Å². The molecule has 0 aliphatic carbocycles. The van der Waals surface area contributed by atoms with Crippen molar-refractivity contribution in [3.05, 3.63) is 0 Å². The van der Waals surface area contributed by atoms with E-state index in [1.54, 1.807) is 0 Å². The fraction of sp³-hybridized carbons (Fsp3) is 1.00. The molecule has 0 aliphatic heterocycles. The summed E-state index contributed by atoms with van der Waals surface area (Å²) in [7, 11) is 0.185. The largest absolute Gasteiger partial charge is 0.120 e. The first-order valence-corrected chi connectivity index (χ1v) is 2.23. The highest BCUT2D eigenvalue weighted by atomic mass is 13.5. The van der Waals surface area contributed by atoms with Crippen molar-refractivity contribution in [2.45, 2.75) is 26.5 Å². The van der Waals surface area contributed by atoms with Gasteiger partial charge in [-0.2, -0.15) is 0 Å². The van der Waals surface area contributed by atoms with E-state index in [1.807, 2.05) is 13.8 Å². The summed E-state index contributed by atoms with van der Waals surface area (Å²) in [5.41, 5.74) is 0. The Balaban J connectivity index is 2.75. The zero-order valence-electron chi connectivity index (χ0n) is 4.99. The summed E-state index contributed by atoms with van der Waals surface area (Å²) in [4.78, 5) is 0. The zero-order chi connectivity index (χ0) is 4.99. The van der Waals surface area contributed by atoms with Gasteiger partial charge in [0.25, 0.3) is 0 Å². The van der Waals surface area contributed by atoms with Gasteiger partial charge < -0.3 is 0 Å². The predicted octanol–water partition coefficient (Wildman–Crippen LogP) is 1.30. The van der Waals surface area contributed by atoms with Crippen LogP contribution in [0.2, 0.25) is 12.6 Å². The summed E-state index contributed by atoms with van der Waals surface area (Å²) in [6.07, 6.45) is 1.99. The van der Waals surface area contributed by atoms with Gasteiger partial charge in [0, 0.05) is 0 Å². The van der Waals surface area contributed by atoms with Crippen LogP contribution < -0.4 is 0 Å². The molecule has 0 unspecified atom stereocenters. The summed E-state index contributed by atoms with van der Waals surface area (Å²) < 4.78 is 7.07. The van der Waals surface area contributed by atoms with Gasteiger partial charge in [-0.1, -0.05) is 26.5 Å². The minimum Gasteiger partial charge on any atom is -0.0803 e. The Bertz CT molecular complexity index is 26.7. The second-order valence-corrected chi connectivity index (χ2v) is 1.11. The molecule has 0 aromatic heterocycles. The van der Waals surface area contributed by atoms with Crippen molar-refractivity contribution >= 4 is 7.24 Å². The van der Waals surface area contributed by atoms with E-state index in [4.69, 9.17) is 1.34 Å². The van der Waals surface area contributed by atoms with Gasteiger partial charge in [-0.25, -0.2) is 0 Å². The fourth-order valence-electron chi connectivity index (χ4n) is 0.289. The first-order chi connectivity index (χ1) is 2.81. The molecule has 0 aromatic rings. The molecular formula is C4H11B. The van der Waals surface area contributed by atoms with Gasteiger partial charge in [0.1, 0.15) is 7.24 Å². The molecule has 0 atom stereocenters. The van der Waals surface area contributed by atoms with Crippen LogP contribution >= 0.6 is 0 Å². The van der Waals surface area contributed by atoms with Crippen LogP contribution in [0.4, 0.5) is 0 Å². The average molecular weight is 71.0 g/mol. The third kappa shape index (κ3) is 4.06. The maximum Gasteiger partial charge on any atom is 0.120 e. The van der Waals surface area contributed by atoms with Crippen LogP contribution in [0.25, 0.3) is 0 Å². The number of rotatable bonds is 2. The molecule has 0 aromatic carbocycles. The molecule has 0 N–H and O–H groups in total. The van der Waals surface area contributed by atoms with Crippen LogP contribution in [0.15, 0.2) is 0 Å². The summed E-state index contributed by atoms with van der Waals surface area (Å²) in [6, 6.07) is 0. The molecule has 0 radical (unpaired) electrons. The molecule has 0 saturated heterocycles. The van der Waals surface area contributed by atoms with E-state index in [2.05, 4.69) is 0 Å². The lowest BCUT2D eigenvalue weighted by atomic mass is 9.73. The van der Waals surface area contributed by atoms with Crippen molar-refractivity contribution in [2.24, 2.45) is 0 Å². The Morgan fingerprint density at radius 3 is 2.00 bits per heavy atom. The van der Waals surface area contributed by atoms with Crippen molar-refractivity contribution in [1.82, 2.24) is 0 Å². The first-order valence-electron chi connectivity index (χ1n) is 2.81. The predicted molar refractivity (Wildman–Crippen MR) is 28.1 cm³/mol. The van der Waals surface area contributed by atoms with E-state index in [-0.39, 0.29) is 7.24 Å². The monoisotopic (exact) mass is 71.1 g/mol. The lowest BCUT2D eigenvalue weighted by Crippen LogP contribution is -1.76. The highest BCUT2D eigenvalue weighted by Crippen LogP contribution is 1.77. The highest BCUT2D eigenvalue weighted by Gasteiger charge is 1.73. The Kier molecular flexibility index (Phi) is 2.65. The third-order valence-corrected chi connectivity index (χ3v) is 0.577.